The zero-order chi connectivity index (χ0) is 12.4. The first kappa shape index (κ1) is 12.0. The normalized spacial score (nSPS) is 23.4. The lowest BCUT2D eigenvalue weighted by Gasteiger charge is -2.34. The highest BCUT2D eigenvalue weighted by Gasteiger charge is 2.42. The Morgan fingerprint density at radius 1 is 1.41 bits per heavy atom. The van der Waals surface area contributed by atoms with Crippen LogP contribution in [0, 0.1) is 11.6 Å². The maximum atomic E-state index is 13.3. The van der Waals surface area contributed by atoms with Crippen molar-refractivity contribution >= 4 is 5.78 Å². The summed E-state index contributed by atoms with van der Waals surface area (Å²) in [5.41, 5.74) is 0. The number of ether oxygens (including phenoxy) is 2. The predicted octanol–water partition coefficient (Wildman–Crippen LogP) is 2.09. The first-order chi connectivity index (χ1) is 8.11. The molecule has 0 saturated heterocycles. The minimum atomic E-state index is -0.778. The number of ketones is 1. The second-order valence-corrected chi connectivity index (χ2v) is 3.78. The number of carbonyl (C=O) groups is 1. The zero-order valence-corrected chi connectivity index (χ0v) is 9.28. The average molecular weight is 242 g/mol. The third-order valence-corrected chi connectivity index (χ3v) is 2.58. The molecule has 17 heavy (non-hydrogen) atoms. The Morgan fingerprint density at radius 2 is 2.18 bits per heavy atom. The smallest absolute Gasteiger partial charge is 0.169 e. The number of benzene rings is 1. The van der Waals surface area contributed by atoms with Crippen LogP contribution in [0.5, 0.6) is 5.75 Å². The largest absolute Gasteiger partial charge is 0.484 e. The molecule has 0 aromatic heterocycles. The van der Waals surface area contributed by atoms with Gasteiger partial charge >= 0.3 is 0 Å². The van der Waals surface area contributed by atoms with Crippen LogP contribution in [-0.2, 0) is 9.53 Å². The molecule has 2 atom stereocenters. The molecule has 0 radical (unpaired) electrons. The molecule has 2 rings (SSSR count). The van der Waals surface area contributed by atoms with Crippen LogP contribution in [0.1, 0.15) is 13.3 Å². The Kier molecular flexibility index (Phi) is 3.38. The fourth-order valence-electron chi connectivity index (χ4n) is 1.69. The van der Waals surface area contributed by atoms with Gasteiger partial charge in [0.05, 0.1) is 0 Å². The molecule has 1 aromatic rings. The molecular weight excluding hydrogens is 230 g/mol. The summed E-state index contributed by atoms with van der Waals surface area (Å²) in [4.78, 5) is 11.2. The molecule has 1 aliphatic rings. The van der Waals surface area contributed by atoms with E-state index < -0.39 is 23.8 Å². The Hall–Kier alpha value is -1.49. The lowest BCUT2D eigenvalue weighted by atomic mass is 9.90. The lowest BCUT2D eigenvalue weighted by Crippen LogP contribution is -2.52. The van der Waals surface area contributed by atoms with Gasteiger partial charge in [-0.05, 0) is 19.1 Å². The quantitative estimate of drug-likeness (QED) is 0.811. The van der Waals surface area contributed by atoms with Crippen molar-refractivity contribution < 1.29 is 23.0 Å². The van der Waals surface area contributed by atoms with Crippen LogP contribution in [0.3, 0.4) is 0 Å². The van der Waals surface area contributed by atoms with Gasteiger partial charge in [-0.15, -0.1) is 0 Å². The van der Waals surface area contributed by atoms with Gasteiger partial charge in [-0.1, -0.05) is 0 Å². The summed E-state index contributed by atoms with van der Waals surface area (Å²) < 4.78 is 36.4. The molecule has 0 bridgehead atoms. The number of halogens is 2. The Morgan fingerprint density at radius 3 is 2.76 bits per heavy atom. The maximum Gasteiger partial charge on any atom is 0.169 e. The summed E-state index contributed by atoms with van der Waals surface area (Å²) in [6.45, 7) is 2.16. The molecule has 0 heterocycles. The monoisotopic (exact) mass is 242 g/mol. The third kappa shape index (κ3) is 2.44. The topological polar surface area (TPSA) is 35.5 Å². The van der Waals surface area contributed by atoms with E-state index in [1.807, 2.05) is 0 Å². The molecule has 0 spiro atoms. The van der Waals surface area contributed by atoms with E-state index >= 15 is 0 Å². The molecule has 1 fully saturated rings. The van der Waals surface area contributed by atoms with Crippen molar-refractivity contribution in [3.8, 4) is 5.75 Å². The molecule has 2 unspecified atom stereocenters. The van der Waals surface area contributed by atoms with Crippen molar-refractivity contribution in [3.05, 3.63) is 29.8 Å². The van der Waals surface area contributed by atoms with Crippen LogP contribution in [0.4, 0.5) is 8.78 Å². The van der Waals surface area contributed by atoms with Crippen LogP contribution < -0.4 is 4.74 Å². The molecule has 0 aliphatic heterocycles. The van der Waals surface area contributed by atoms with E-state index in [4.69, 9.17) is 9.47 Å². The summed E-state index contributed by atoms with van der Waals surface area (Å²) >= 11 is 0. The van der Waals surface area contributed by atoms with Crippen LogP contribution in [-0.4, -0.2) is 24.6 Å². The molecular formula is C12H12F2O3. The molecule has 1 aliphatic carbocycles. The highest BCUT2D eigenvalue weighted by molar-refractivity contribution is 5.90. The Balaban J connectivity index is 2.04. The summed E-state index contributed by atoms with van der Waals surface area (Å²) in [5.74, 6) is -1.56. The van der Waals surface area contributed by atoms with E-state index in [0.29, 0.717) is 6.61 Å². The van der Waals surface area contributed by atoms with Gasteiger partial charge in [0.2, 0.25) is 0 Å². The second-order valence-electron chi connectivity index (χ2n) is 3.78. The highest BCUT2D eigenvalue weighted by Crippen LogP contribution is 2.27. The van der Waals surface area contributed by atoms with E-state index in [1.165, 1.54) is 6.07 Å². The SMILES string of the molecule is CCOC1C(=O)CC1Oc1ccc(F)cc1F. The second kappa shape index (κ2) is 4.79. The van der Waals surface area contributed by atoms with Crippen LogP contribution >= 0.6 is 0 Å². The number of rotatable bonds is 4. The minimum Gasteiger partial charge on any atom is -0.484 e. The van der Waals surface area contributed by atoms with E-state index in [0.717, 1.165) is 12.1 Å². The Bertz CT molecular complexity index is 434. The molecule has 0 N–H and O–H groups in total. The Labute approximate surface area is 97.3 Å². The summed E-state index contributed by atoms with van der Waals surface area (Å²) in [6, 6.07) is 3.05. The standard InChI is InChI=1S/C12H12F2O3/c1-2-16-12-9(15)6-11(12)17-10-4-3-7(13)5-8(10)14/h3-5,11-12H,2,6H2,1H3. The zero-order valence-electron chi connectivity index (χ0n) is 9.28. The van der Waals surface area contributed by atoms with Gasteiger partial charge in [-0.2, -0.15) is 0 Å². The van der Waals surface area contributed by atoms with Gasteiger partial charge in [0.15, 0.2) is 23.5 Å². The van der Waals surface area contributed by atoms with Crippen LogP contribution in [0.2, 0.25) is 0 Å². The average Bonchev–Trinajstić information content (AvgIpc) is 2.28. The van der Waals surface area contributed by atoms with E-state index in [1.54, 1.807) is 6.92 Å². The molecule has 1 saturated carbocycles. The predicted molar refractivity (Wildman–Crippen MR) is 55.8 cm³/mol. The van der Waals surface area contributed by atoms with Crippen molar-refractivity contribution in [1.82, 2.24) is 0 Å². The molecule has 92 valence electrons. The van der Waals surface area contributed by atoms with Gasteiger partial charge in [-0.3, -0.25) is 4.79 Å². The van der Waals surface area contributed by atoms with Crippen LogP contribution in [0.25, 0.3) is 0 Å². The maximum absolute atomic E-state index is 13.3. The minimum absolute atomic E-state index is 0.0561. The first-order valence-corrected chi connectivity index (χ1v) is 5.38. The molecule has 5 heteroatoms. The van der Waals surface area contributed by atoms with E-state index in [9.17, 15) is 13.6 Å². The first-order valence-electron chi connectivity index (χ1n) is 5.38. The number of hydrogen-bond acceptors (Lipinski definition) is 3. The number of carbonyl (C=O) groups excluding carboxylic acids is 1. The summed E-state index contributed by atoms with van der Waals surface area (Å²) in [6.07, 6.45) is -0.923. The van der Waals surface area contributed by atoms with Crippen molar-refractivity contribution in [2.24, 2.45) is 0 Å². The third-order valence-electron chi connectivity index (χ3n) is 2.58. The van der Waals surface area contributed by atoms with Crippen molar-refractivity contribution in [2.45, 2.75) is 25.6 Å². The van der Waals surface area contributed by atoms with Crippen molar-refractivity contribution in [3.63, 3.8) is 0 Å². The fraction of sp³-hybridized carbons (Fsp3) is 0.417. The van der Waals surface area contributed by atoms with Gasteiger partial charge in [-0.25, -0.2) is 8.78 Å². The van der Waals surface area contributed by atoms with Gasteiger partial charge in [0.1, 0.15) is 11.9 Å². The number of Topliss-reactive ketones (excluding diaryl/α,β-unsaturated/α-hetero) is 1. The highest BCUT2D eigenvalue weighted by atomic mass is 19.1. The van der Waals surface area contributed by atoms with E-state index in [-0.39, 0.29) is 18.0 Å². The van der Waals surface area contributed by atoms with E-state index in [2.05, 4.69) is 0 Å². The molecule has 0 amide bonds. The van der Waals surface area contributed by atoms with Crippen molar-refractivity contribution in [2.75, 3.05) is 6.61 Å². The van der Waals surface area contributed by atoms with Crippen LogP contribution in [0.15, 0.2) is 18.2 Å². The van der Waals surface area contributed by atoms with Gasteiger partial charge in [0.25, 0.3) is 0 Å². The molecule has 3 nitrogen and oxygen atoms in total. The summed E-state index contributed by atoms with van der Waals surface area (Å²) in [7, 11) is 0. The number of hydrogen-bond donors (Lipinski definition) is 0. The van der Waals surface area contributed by atoms with Gasteiger partial charge < -0.3 is 9.47 Å². The molecule has 1 aromatic carbocycles. The van der Waals surface area contributed by atoms with Gasteiger partial charge in [0, 0.05) is 19.1 Å². The fourth-order valence-corrected chi connectivity index (χ4v) is 1.69. The lowest BCUT2D eigenvalue weighted by molar-refractivity contribution is -0.154. The summed E-state index contributed by atoms with van der Waals surface area (Å²) in [5, 5.41) is 0. The van der Waals surface area contributed by atoms with Crippen molar-refractivity contribution in [1.29, 1.82) is 0 Å².